The normalized spacial score (nSPS) is 11.2. The molecule has 0 amide bonds. The van der Waals surface area contributed by atoms with Crippen LogP contribution in [-0.4, -0.2) is 25.0 Å². The molecule has 1 aromatic heterocycles. The van der Waals surface area contributed by atoms with E-state index in [2.05, 4.69) is 14.7 Å². The number of benzene rings is 1. The zero-order chi connectivity index (χ0) is 15.5. The molecule has 0 bridgehead atoms. The molecule has 0 spiro atoms. The summed E-state index contributed by atoms with van der Waals surface area (Å²) in [6, 6.07) is 4.61. The highest BCUT2D eigenvalue weighted by Crippen LogP contribution is 2.24. The maximum atomic E-state index is 12.3. The Hall–Kier alpha value is -1.86. The summed E-state index contributed by atoms with van der Waals surface area (Å²) in [5, 5.41) is -0.0104. The monoisotopic (exact) mass is 327 g/mol. The van der Waals surface area contributed by atoms with Crippen LogP contribution in [0, 0.1) is 6.92 Å². The van der Waals surface area contributed by atoms with Gasteiger partial charge in [-0.05, 0) is 37.6 Å². The van der Waals surface area contributed by atoms with Crippen molar-refractivity contribution < 1.29 is 13.2 Å². The molecule has 21 heavy (non-hydrogen) atoms. The standard InChI is InChI=1S/C13H14ClN3O3S/c1-3-20-11-5-4-10(8-9(11)2)21(18,19)17-13-12(14)15-6-7-16-13/h4-8H,3H2,1-2H3,(H,16,17). The molecule has 0 unspecified atom stereocenters. The minimum absolute atomic E-state index is 0.00861. The van der Waals surface area contributed by atoms with Crippen molar-refractivity contribution in [3.05, 3.63) is 41.3 Å². The molecule has 0 aliphatic carbocycles. The molecule has 0 aliphatic heterocycles. The summed E-state index contributed by atoms with van der Waals surface area (Å²) in [5.74, 6) is 0.639. The van der Waals surface area contributed by atoms with Crippen LogP contribution in [0.25, 0.3) is 0 Å². The van der Waals surface area contributed by atoms with Crippen LogP contribution in [0.5, 0.6) is 5.75 Å². The van der Waals surface area contributed by atoms with E-state index in [-0.39, 0.29) is 15.9 Å². The second kappa shape index (κ2) is 6.28. The van der Waals surface area contributed by atoms with Crippen molar-refractivity contribution in [1.29, 1.82) is 0 Å². The first kappa shape index (κ1) is 15.5. The summed E-state index contributed by atoms with van der Waals surface area (Å²) in [6.45, 7) is 4.15. The Balaban J connectivity index is 2.32. The van der Waals surface area contributed by atoms with Crippen LogP contribution in [-0.2, 0) is 10.0 Å². The minimum Gasteiger partial charge on any atom is -0.494 e. The largest absolute Gasteiger partial charge is 0.494 e. The molecule has 112 valence electrons. The molecule has 8 heteroatoms. The number of aromatic nitrogens is 2. The topological polar surface area (TPSA) is 81.2 Å². The molecule has 6 nitrogen and oxygen atoms in total. The molecule has 0 atom stereocenters. The predicted octanol–water partition coefficient (Wildman–Crippen LogP) is 2.64. The van der Waals surface area contributed by atoms with Gasteiger partial charge >= 0.3 is 0 Å². The van der Waals surface area contributed by atoms with Gasteiger partial charge in [-0.25, -0.2) is 18.4 Å². The zero-order valence-corrected chi connectivity index (χ0v) is 13.1. The average molecular weight is 328 g/mol. The molecule has 2 rings (SSSR count). The van der Waals surface area contributed by atoms with E-state index in [9.17, 15) is 8.42 Å². The molecule has 0 radical (unpaired) electrons. The van der Waals surface area contributed by atoms with E-state index in [1.165, 1.54) is 24.5 Å². The fourth-order valence-electron chi connectivity index (χ4n) is 1.68. The SMILES string of the molecule is CCOc1ccc(S(=O)(=O)Nc2nccnc2Cl)cc1C. The van der Waals surface area contributed by atoms with Crippen LogP contribution in [0.3, 0.4) is 0 Å². The molecule has 1 aromatic carbocycles. The van der Waals surface area contributed by atoms with Crippen LogP contribution in [0.2, 0.25) is 5.15 Å². The van der Waals surface area contributed by atoms with Gasteiger partial charge in [0, 0.05) is 12.4 Å². The van der Waals surface area contributed by atoms with Crippen molar-refractivity contribution in [2.24, 2.45) is 0 Å². The van der Waals surface area contributed by atoms with Gasteiger partial charge in [0.05, 0.1) is 11.5 Å². The van der Waals surface area contributed by atoms with Gasteiger partial charge in [-0.2, -0.15) is 0 Å². The summed E-state index contributed by atoms with van der Waals surface area (Å²) in [5.41, 5.74) is 0.727. The lowest BCUT2D eigenvalue weighted by molar-refractivity contribution is 0.337. The predicted molar refractivity (Wildman–Crippen MR) is 80.2 cm³/mol. The van der Waals surface area contributed by atoms with Crippen LogP contribution < -0.4 is 9.46 Å². The second-order valence-electron chi connectivity index (χ2n) is 4.16. The summed E-state index contributed by atoms with van der Waals surface area (Å²) < 4.78 is 32.3. The Bertz CT molecular complexity index is 750. The number of aryl methyl sites for hydroxylation is 1. The quantitative estimate of drug-likeness (QED) is 0.913. The first-order chi connectivity index (χ1) is 9.94. The van der Waals surface area contributed by atoms with Gasteiger partial charge in [0.1, 0.15) is 5.75 Å². The van der Waals surface area contributed by atoms with Gasteiger partial charge in [0.2, 0.25) is 0 Å². The number of ether oxygens (including phenoxy) is 1. The lowest BCUT2D eigenvalue weighted by atomic mass is 10.2. The Kier molecular flexibility index (Phi) is 4.64. The Morgan fingerprint density at radius 2 is 2.00 bits per heavy atom. The number of hydrogen-bond acceptors (Lipinski definition) is 5. The van der Waals surface area contributed by atoms with Crippen molar-refractivity contribution in [3.63, 3.8) is 0 Å². The molecule has 0 fully saturated rings. The summed E-state index contributed by atoms with van der Waals surface area (Å²) in [6.07, 6.45) is 2.73. The third-order valence-electron chi connectivity index (χ3n) is 2.64. The molecule has 2 aromatic rings. The lowest BCUT2D eigenvalue weighted by Crippen LogP contribution is -2.14. The van der Waals surface area contributed by atoms with E-state index in [0.717, 1.165) is 5.56 Å². The van der Waals surface area contributed by atoms with Gasteiger partial charge in [0.25, 0.3) is 10.0 Å². The Morgan fingerprint density at radius 1 is 1.29 bits per heavy atom. The van der Waals surface area contributed by atoms with E-state index in [1.54, 1.807) is 13.0 Å². The van der Waals surface area contributed by atoms with E-state index in [1.807, 2.05) is 6.92 Å². The third kappa shape index (κ3) is 3.62. The number of nitrogens with zero attached hydrogens (tertiary/aromatic N) is 2. The maximum Gasteiger partial charge on any atom is 0.263 e. The van der Waals surface area contributed by atoms with Crippen LogP contribution in [0.4, 0.5) is 5.82 Å². The van der Waals surface area contributed by atoms with Crippen molar-refractivity contribution in [3.8, 4) is 5.75 Å². The van der Waals surface area contributed by atoms with Crippen LogP contribution in [0.1, 0.15) is 12.5 Å². The highest BCUT2D eigenvalue weighted by Gasteiger charge is 2.18. The molecule has 0 saturated heterocycles. The van der Waals surface area contributed by atoms with E-state index in [4.69, 9.17) is 16.3 Å². The van der Waals surface area contributed by atoms with Gasteiger partial charge in [-0.3, -0.25) is 4.72 Å². The van der Waals surface area contributed by atoms with Gasteiger partial charge in [0.15, 0.2) is 11.0 Å². The number of hydrogen-bond donors (Lipinski definition) is 1. The van der Waals surface area contributed by atoms with Crippen molar-refractivity contribution >= 4 is 27.4 Å². The first-order valence-electron chi connectivity index (χ1n) is 6.17. The molecule has 1 heterocycles. The highest BCUT2D eigenvalue weighted by molar-refractivity contribution is 7.92. The summed E-state index contributed by atoms with van der Waals surface area (Å²) >= 11 is 5.79. The molecule has 0 aliphatic rings. The molecule has 1 N–H and O–H groups in total. The molecular weight excluding hydrogens is 314 g/mol. The van der Waals surface area contributed by atoms with E-state index >= 15 is 0 Å². The van der Waals surface area contributed by atoms with Crippen molar-refractivity contribution in [2.45, 2.75) is 18.7 Å². The lowest BCUT2D eigenvalue weighted by Gasteiger charge is -2.11. The fraction of sp³-hybridized carbons (Fsp3) is 0.231. The van der Waals surface area contributed by atoms with Gasteiger partial charge in [-0.15, -0.1) is 0 Å². The highest BCUT2D eigenvalue weighted by atomic mass is 35.5. The number of nitrogens with one attached hydrogen (secondary N) is 1. The Morgan fingerprint density at radius 3 is 2.62 bits per heavy atom. The number of rotatable bonds is 5. The summed E-state index contributed by atoms with van der Waals surface area (Å²) in [4.78, 5) is 7.72. The van der Waals surface area contributed by atoms with E-state index in [0.29, 0.717) is 12.4 Å². The Labute approximate surface area is 128 Å². The third-order valence-corrected chi connectivity index (χ3v) is 4.25. The average Bonchev–Trinajstić information content (AvgIpc) is 2.43. The molecule has 0 saturated carbocycles. The van der Waals surface area contributed by atoms with E-state index < -0.39 is 10.0 Å². The van der Waals surface area contributed by atoms with Crippen molar-refractivity contribution in [2.75, 3.05) is 11.3 Å². The van der Waals surface area contributed by atoms with Gasteiger partial charge in [-0.1, -0.05) is 11.6 Å². The minimum atomic E-state index is -3.78. The van der Waals surface area contributed by atoms with Crippen LogP contribution >= 0.6 is 11.6 Å². The smallest absolute Gasteiger partial charge is 0.263 e. The first-order valence-corrected chi connectivity index (χ1v) is 8.03. The second-order valence-corrected chi connectivity index (χ2v) is 6.20. The number of halogens is 1. The maximum absolute atomic E-state index is 12.3. The van der Waals surface area contributed by atoms with Crippen molar-refractivity contribution in [1.82, 2.24) is 9.97 Å². The summed E-state index contributed by atoms with van der Waals surface area (Å²) in [7, 11) is -3.78. The molecular formula is C13H14ClN3O3S. The van der Waals surface area contributed by atoms with Crippen LogP contribution in [0.15, 0.2) is 35.5 Å². The zero-order valence-electron chi connectivity index (χ0n) is 11.5. The fourth-order valence-corrected chi connectivity index (χ4v) is 2.99. The number of sulfonamides is 1. The number of anilines is 1. The van der Waals surface area contributed by atoms with Gasteiger partial charge < -0.3 is 4.74 Å².